The van der Waals surface area contributed by atoms with E-state index in [1.54, 1.807) is 6.33 Å². The smallest absolute Gasteiger partial charge is 0.163 e. The van der Waals surface area contributed by atoms with Gasteiger partial charge in [0.05, 0.1) is 23.2 Å². The first-order valence-electron chi connectivity index (χ1n) is 8.18. The number of hydrogen-bond donors (Lipinski definition) is 1. The van der Waals surface area contributed by atoms with E-state index in [2.05, 4.69) is 47.2 Å². The van der Waals surface area contributed by atoms with Crippen LogP contribution in [0.15, 0.2) is 30.7 Å². The molecule has 6 heteroatoms. The Morgan fingerprint density at radius 2 is 2.08 bits per heavy atom. The highest BCUT2D eigenvalue weighted by molar-refractivity contribution is 6.31. The lowest BCUT2D eigenvalue weighted by atomic mass is 10.1. The van der Waals surface area contributed by atoms with Crippen LogP contribution in [0.4, 0.5) is 5.82 Å². The second-order valence-electron chi connectivity index (χ2n) is 7.23. The highest BCUT2D eigenvalue weighted by Crippen LogP contribution is 2.38. The van der Waals surface area contributed by atoms with E-state index < -0.39 is 0 Å². The number of nitrogens with zero attached hydrogens (tertiary/aromatic N) is 4. The molecule has 0 saturated carbocycles. The fourth-order valence-corrected chi connectivity index (χ4v) is 3.65. The zero-order valence-corrected chi connectivity index (χ0v) is 14.8. The topological polar surface area (TPSA) is 55.6 Å². The zero-order chi connectivity index (χ0) is 16.9. The molecule has 3 aromatic rings. The Labute approximate surface area is 146 Å². The van der Waals surface area contributed by atoms with Crippen molar-refractivity contribution >= 4 is 28.5 Å². The molecule has 1 aromatic carbocycles. The lowest BCUT2D eigenvalue weighted by Gasteiger charge is -2.20. The minimum atomic E-state index is -0.124. The van der Waals surface area contributed by atoms with Gasteiger partial charge in [-0.05, 0) is 50.8 Å². The maximum Gasteiger partial charge on any atom is 0.163 e. The van der Waals surface area contributed by atoms with Gasteiger partial charge in [-0.3, -0.25) is 0 Å². The van der Waals surface area contributed by atoms with Crippen molar-refractivity contribution in [1.82, 2.24) is 19.7 Å². The molecule has 0 fully saturated rings. The van der Waals surface area contributed by atoms with Crippen molar-refractivity contribution in [3.8, 4) is 0 Å². The predicted octanol–water partition coefficient (Wildman–Crippen LogP) is 4.33. The fraction of sp³-hybridized carbons (Fsp3) is 0.389. The highest BCUT2D eigenvalue weighted by Gasteiger charge is 2.26. The summed E-state index contributed by atoms with van der Waals surface area (Å²) in [5, 5.41) is 9.88. The lowest BCUT2D eigenvalue weighted by molar-refractivity contribution is 0.366. The molecule has 1 aliphatic rings. The van der Waals surface area contributed by atoms with Crippen LogP contribution in [-0.2, 0) is 12.0 Å². The van der Waals surface area contributed by atoms with E-state index >= 15 is 0 Å². The number of hydrogen-bond acceptors (Lipinski definition) is 4. The Morgan fingerprint density at radius 1 is 1.25 bits per heavy atom. The van der Waals surface area contributed by atoms with Crippen molar-refractivity contribution in [3.63, 3.8) is 0 Å². The average molecular weight is 342 g/mol. The maximum absolute atomic E-state index is 6.32. The molecule has 0 aliphatic heterocycles. The molecule has 1 atom stereocenters. The second-order valence-corrected chi connectivity index (χ2v) is 7.64. The Bertz CT molecular complexity index is 909. The third-order valence-electron chi connectivity index (χ3n) is 4.53. The lowest BCUT2D eigenvalue weighted by Crippen LogP contribution is -2.23. The summed E-state index contributed by atoms with van der Waals surface area (Å²) in [5.41, 5.74) is 3.23. The predicted molar refractivity (Wildman–Crippen MR) is 96.5 cm³/mol. The number of benzene rings is 1. The van der Waals surface area contributed by atoms with Gasteiger partial charge in [-0.1, -0.05) is 23.7 Å². The summed E-state index contributed by atoms with van der Waals surface area (Å²) in [6.45, 7) is 6.34. The Hall–Kier alpha value is -2.14. The van der Waals surface area contributed by atoms with Crippen molar-refractivity contribution in [1.29, 1.82) is 0 Å². The number of halogens is 1. The van der Waals surface area contributed by atoms with Gasteiger partial charge in [-0.2, -0.15) is 5.10 Å². The number of fused-ring (bicyclic) bond motifs is 2. The van der Waals surface area contributed by atoms with Crippen molar-refractivity contribution in [2.24, 2.45) is 0 Å². The molecule has 2 heterocycles. The molecule has 4 rings (SSSR count). The monoisotopic (exact) mass is 341 g/mol. The first-order chi connectivity index (χ1) is 11.4. The van der Waals surface area contributed by atoms with Gasteiger partial charge in [0.2, 0.25) is 0 Å². The van der Waals surface area contributed by atoms with Crippen LogP contribution in [0, 0.1) is 0 Å². The van der Waals surface area contributed by atoms with Crippen LogP contribution in [0.2, 0.25) is 5.02 Å². The fourth-order valence-electron chi connectivity index (χ4n) is 3.37. The second kappa shape index (κ2) is 5.45. The van der Waals surface area contributed by atoms with Crippen LogP contribution >= 0.6 is 11.6 Å². The van der Waals surface area contributed by atoms with Gasteiger partial charge in [0.1, 0.15) is 12.1 Å². The van der Waals surface area contributed by atoms with E-state index in [0.717, 1.165) is 34.7 Å². The van der Waals surface area contributed by atoms with Crippen LogP contribution in [-0.4, -0.2) is 19.7 Å². The van der Waals surface area contributed by atoms with Gasteiger partial charge < -0.3 is 5.32 Å². The molecule has 24 heavy (non-hydrogen) atoms. The summed E-state index contributed by atoms with van der Waals surface area (Å²) < 4.78 is 1.94. The molecule has 5 nitrogen and oxygen atoms in total. The van der Waals surface area contributed by atoms with E-state index in [0.29, 0.717) is 0 Å². The molecule has 1 N–H and O–H groups in total. The van der Waals surface area contributed by atoms with E-state index in [-0.39, 0.29) is 11.6 Å². The van der Waals surface area contributed by atoms with Crippen molar-refractivity contribution in [2.75, 3.05) is 5.32 Å². The summed E-state index contributed by atoms with van der Waals surface area (Å²) >= 11 is 6.32. The van der Waals surface area contributed by atoms with E-state index in [1.165, 1.54) is 11.1 Å². The standard InChI is InChI=1S/C18H20ClN5/c1-18(2,3)24-17-13(9-22-24)16(20-10-21-17)23-15-8-7-11-12(15)5-4-6-14(11)19/h4-6,9-10,15H,7-8H2,1-3H3,(H,20,21,23). The normalized spacial score (nSPS) is 17.2. The number of nitrogens with one attached hydrogen (secondary N) is 1. The molecule has 2 aromatic heterocycles. The van der Waals surface area contributed by atoms with Gasteiger partial charge in [-0.15, -0.1) is 0 Å². The quantitative estimate of drug-likeness (QED) is 0.753. The minimum absolute atomic E-state index is 0.124. The third-order valence-corrected chi connectivity index (χ3v) is 4.88. The summed E-state index contributed by atoms with van der Waals surface area (Å²) in [6.07, 6.45) is 5.44. The van der Waals surface area contributed by atoms with Crippen LogP contribution in [0.5, 0.6) is 0 Å². The van der Waals surface area contributed by atoms with E-state index in [4.69, 9.17) is 11.6 Å². The first-order valence-corrected chi connectivity index (χ1v) is 8.56. The van der Waals surface area contributed by atoms with Crippen LogP contribution in [0.1, 0.15) is 44.4 Å². The molecule has 1 aliphatic carbocycles. The average Bonchev–Trinajstić information content (AvgIpc) is 3.13. The van der Waals surface area contributed by atoms with E-state index in [9.17, 15) is 0 Å². The molecule has 0 amide bonds. The molecule has 1 unspecified atom stereocenters. The Morgan fingerprint density at radius 3 is 2.88 bits per heavy atom. The minimum Gasteiger partial charge on any atom is -0.363 e. The Kier molecular flexibility index (Phi) is 3.49. The third kappa shape index (κ3) is 2.44. The number of aromatic nitrogens is 4. The van der Waals surface area contributed by atoms with Crippen molar-refractivity contribution in [2.45, 2.75) is 45.2 Å². The summed E-state index contributed by atoms with van der Waals surface area (Å²) in [5.74, 6) is 0.827. The number of anilines is 1. The molecule has 0 radical (unpaired) electrons. The van der Waals surface area contributed by atoms with Gasteiger partial charge in [0.25, 0.3) is 0 Å². The molecular weight excluding hydrogens is 322 g/mol. The van der Waals surface area contributed by atoms with Crippen molar-refractivity contribution in [3.05, 3.63) is 46.9 Å². The van der Waals surface area contributed by atoms with Gasteiger partial charge >= 0.3 is 0 Å². The molecule has 124 valence electrons. The first kappa shape index (κ1) is 15.4. The summed E-state index contributed by atoms with van der Waals surface area (Å²) in [7, 11) is 0. The molecule has 0 bridgehead atoms. The maximum atomic E-state index is 6.32. The Balaban J connectivity index is 1.73. The molecule has 0 spiro atoms. The largest absolute Gasteiger partial charge is 0.363 e. The van der Waals surface area contributed by atoms with Gasteiger partial charge in [-0.25, -0.2) is 14.6 Å². The van der Waals surface area contributed by atoms with Gasteiger partial charge in [0.15, 0.2) is 5.65 Å². The van der Waals surface area contributed by atoms with E-state index in [1.807, 2.05) is 23.0 Å². The van der Waals surface area contributed by atoms with Crippen LogP contribution < -0.4 is 5.32 Å². The van der Waals surface area contributed by atoms with Crippen LogP contribution in [0.3, 0.4) is 0 Å². The molecular formula is C18H20ClN5. The van der Waals surface area contributed by atoms with Crippen LogP contribution in [0.25, 0.3) is 11.0 Å². The summed E-state index contributed by atoms with van der Waals surface area (Å²) in [4.78, 5) is 8.88. The zero-order valence-electron chi connectivity index (χ0n) is 14.0. The highest BCUT2D eigenvalue weighted by atomic mass is 35.5. The SMILES string of the molecule is CC(C)(C)n1ncc2c(NC3CCc4c(Cl)cccc43)ncnc21. The number of rotatable bonds is 2. The summed E-state index contributed by atoms with van der Waals surface area (Å²) in [6, 6.07) is 6.32. The molecule has 0 saturated heterocycles. The van der Waals surface area contributed by atoms with Gasteiger partial charge in [0, 0.05) is 5.02 Å². The van der Waals surface area contributed by atoms with Crippen molar-refractivity contribution < 1.29 is 0 Å².